The average molecular weight is 311 g/mol. The van der Waals surface area contributed by atoms with Gasteiger partial charge in [-0.05, 0) is 18.4 Å². The molecule has 0 saturated heterocycles. The van der Waals surface area contributed by atoms with Crippen LogP contribution in [0, 0.1) is 0 Å². The second-order valence-corrected chi connectivity index (χ2v) is 4.90. The Hall–Kier alpha value is -1.86. The number of ether oxygens (including phenoxy) is 1. The standard InChI is InChI=1S/C12H11ClN4O2S/c1-19-12(18)11-8(5-9(13)16-17-11)15-10-4-3-7(20-2)6-14-10/h3-6H,1-2H3,(H,14,15,16). The zero-order chi connectivity index (χ0) is 14.5. The molecule has 0 atom stereocenters. The molecule has 0 aliphatic heterocycles. The molecule has 2 aromatic rings. The van der Waals surface area contributed by atoms with Crippen LogP contribution in [0.15, 0.2) is 29.3 Å². The Bertz CT molecular complexity index is 621. The molecule has 2 heterocycles. The fourth-order valence-corrected chi connectivity index (χ4v) is 1.93. The van der Waals surface area contributed by atoms with Crippen molar-refractivity contribution in [1.82, 2.24) is 15.2 Å². The van der Waals surface area contributed by atoms with E-state index in [9.17, 15) is 4.79 Å². The maximum atomic E-state index is 11.6. The smallest absolute Gasteiger partial charge is 0.360 e. The molecule has 2 aromatic heterocycles. The van der Waals surface area contributed by atoms with Gasteiger partial charge in [0.25, 0.3) is 0 Å². The first-order chi connectivity index (χ1) is 9.63. The fraction of sp³-hybridized carbons (Fsp3) is 0.167. The largest absolute Gasteiger partial charge is 0.464 e. The van der Waals surface area contributed by atoms with Crippen LogP contribution < -0.4 is 5.32 Å². The Kier molecular flexibility index (Phi) is 4.75. The first-order valence-corrected chi connectivity index (χ1v) is 7.13. The summed E-state index contributed by atoms with van der Waals surface area (Å²) in [7, 11) is 1.27. The van der Waals surface area contributed by atoms with Gasteiger partial charge in [-0.2, -0.15) is 0 Å². The number of aromatic nitrogens is 3. The highest BCUT2D eigenvalue weighted by Crippen LogP contribution is 2.22. The summed E-state index contributed by atoms with van der Waals surface area (Å²) in [6, 6.07) is 5.19. The normalized spacial score (nSPS) is 10.2. The number of halogens is 1. The third-order valence-electron chi connectivity index (χ3n) is 2.38. The molecular weight excluding hydrogens is 300 g/mol. The third kappa shape index (κ3) is 3.37. The summed E-state index contributed by atoms with van der Waals surface area (Å²) in [5.74, 6) is -0.0329. The van der Waals surface area contributed by atoms with Gasteiger partial charge in [0.15, 0.2) is 10.8 Å². The molecular formula is C12H11ClN4O2S. The minimum absolute atomic E-state index is 0.0487. The summed E-state index contributed by atoms with van der Waals surface area (Å²) in [6.07, 6.45) is 3.69. The Labute approximate surface area is 124 Å². The van der Waals surface area contributed by atoms with Gasteiger partial charge in [0.2, 0.25) is 0 Å². The van der Waals surface area contributed by atoms with Crippen molar-refractivity contribution in [3.05, 3.63) is 35.2 Å². The molecule has 0 aromatic carbocycles. The van der Waals surface area contributed by atoms with Crippen LogP contribution in [-0.4, -0.2) is 34.5 Å². The van der Waals surface area contributed by atoms with Gasteiger partial charge < -0.3 is 10.1 Å². The monoisotopic (exact) mass is 310 g/mol. The number of hydrogen-bond donors (Lipinski definition) is 1. The van der Waals surface area contributed by atoms with E-state index < -0.39 is 5.97 Å². The topological polar surface area (TPSA) is 77.0 Å². The molecule has 0 saturated carbocycles. The molecule has 0 unspecified atom stereocenters. The molecule has 104 valence electrons. The molecule has 0 amide bonds. The van der Waals surface area contributed by atoms with Crippen molar-refractivity contribution in [2.24, 2.45) is 0 Å². The number of carbonyl (C=O) groups is 1. The Balaban J connectivity index is 2.31. The van der Waals surface area contributed by atoms with E-state index >= 15 is 0 Å². The van der Waals surface area contributed by atoms with E-state index in [1.165, 1.54) is 13.2 Å². The maximum Gasteiger partial charge on any atom is 0.360 e. The van der Waals surface area contributed by atoms with E-state index in [1.807, 2.05) is 12.3 Å². The van der Waals surface area contributed by atoms with Crippen LogP contribution in [0.3, 0.4) is 0 Å². The molecule has 6 nitrogen and oxygen atoms in total. The van der Waals surface area contributed by atoms with Crippen molar-refractivity contribution in [3.63, 3.8) is 0 Å². The predicted molar refractivity (Wildman–Crippen MR) is 77.7 cm³/mol. The van der Waals surface area contributed by atoms with Crippen LogP contribution in [0.5, 0.6) is 0 Å². The minimum atomic E-state index is -0.600. The highest BCUT2D eigenvalue weighted by atomic mass is 35.5. The van der Waals surface area contributed by atoms with Crippen molar-refractivity contribution in [2.45, 2.75) is 4.90 Å². The van der Waals surface area contributed by atoms with E-state index in [2.05, 4.69) is 25.2 Å². The maximum absolute atomic E-state index is 11.6. The van der Waals surface area contributed by atoms with Gasteiger partial charge in [0, 0.05) is 17.2 Å². The number of hydrogen-bond acceptors (Lipinski definition) is 7. The van der Waals surface area contributed by atoms with Crippen LogP contribution in [0.1, 0.15) is 10.5 Å². The highest BCUT2D eigenvalue weighted by Gasteiger charge is 2.16. The Morgan fingerprint density at radius 2 is 2.20 bits per heavy atom. The molecule has 0 radical (unpaired) electrons. The number of nitrogens with one attached hydrogen (secondary N) is 1. The molecule has 0 bridgehead atoms. The van der Waals surface area contributed by atoms with E-state index in [-0.39, 0.29) is 10.8 Å². The van der Waals surface area contributed by atoms with Crippen molar-refractivity contribution in [3.8, 4) is 0 Å². The van der Waals surface area contributed by atoms with Crippen LogP contribution in [0.4, 0.5) is 11.5 Å². The number of thioether (sulfide) groups is 1. The van der Waals surface area contributed by atoms with Crippen molar-refractivity contribution in [2.75, 3.05) is 18.7 Å². The lowest BCUT2D eigenvalue weighted by Gasteiger charge is -2.09. The second-order valence-electron chi connectivity index (χ2n) is 3.63. The summed E-state index contributed by atoms with van der Waals surface area (Å²) in [5, 5.41) is 10.5. The summed E-state index contributed by atoms with van der Waals surface area (Å²) < 4.78 is 4.64. The quantitative estimate of drug-likeness (QED) is 0.687. The second kappa shape index (κ2) is 6.53. The number of carbonyl (C=O) groups excluding carboxylic acids is 1. The van der Waals surface area contributed by atoms with E-state index in [4.69, 9.17) is 11.6 Å². The van der Waals surface area contributed by atoms with Gasteiger partial charge in [0.1, 0.15) is 5.82 Å². The lowest BCUT2D eigenvalue weighted by atomic mass is 10.3. The van der Waals surface area contributed by atoms with Gasteiger partial charge >= 0.3 is 5.97 Å². The fourth-order valence-electron chi connectivity index (χ4n) is 1.42. The van der Waals surface area contributed by atoms with Crippen LogP contribution >= 0.6 is 23.4 Å². The zero-order valence-corrected chi connectivity index (χ0v) is 12.3. The molecule has 0 aliphatic carbocycles. The summed E-state index contributed by atoms with van der Waals surface area (Å²) in [5.41, 5.74) is 0.439. The molecule has 1 N–H and O–H groups in total. The Morgan fingerprint density at radius 1 is 1.40 bits per heavy atom. The van der Waals surface area contributed by atoms with Crippen molar-refractivity contribution >= 4 is 40.8 Å². The number of methoxy groups -OCH3 is 1. The van der Waals surface area contributed by atoms with Crippen molar-refractivity contribution < 1.29 is 9.53 Å². The van der Waals surface area contributed by atoms with Gasteiger partial charge in [-0.15, -0.1) is 22.0 Å². The van der Waals surface area contributed by atoms with Crippen molar-refractivity contribution in [1.29, 1.82) is 0 Å². The van der Waals surface area contributed by atoms with Crippen LogP contribution in [0.25, 0.3) is 0 Å². The number of anilines is 2. The summed E-state index contributed by atoms with van der Waals surface area (Å²) in [6.45, 7) is 0. The molecule has 20 heavy (non-hydrogen) atoms. The van der Waals surface area contributed by atoms with Gasteiger partial charge in [-0.3, -0.25) is 0 Å². The van der Waals surface area contributed by atoms with E-state index in [0.29, 0.717) is 11.5 Å². The lowest BCUT2D eigenvalue weighted by molar-refractivity contribution is 0.0594. The SMILES string of the molecule is COC(=O)c1nnc(Cl)cc1Nc1ccc(SC)cn1. The number of nitrogens with zero attached hydrogens (tertiary/aromatic N) is 3. The zero-order valence-electron chi connectivity index (χ0n) is 10.8. The first kappa shape index (κ1) is 14.5. The van der Waals surface area contributed by atoms with E-state index in [0.717, 1.165) is 4.90 Å². The number of rotatable bonds is 4. The summed E-state index contributed by atoms with van der Waals surface area (Å²) >= 11 is 7.38. The minimum Gasteiger partial charge on any atom is -0.464 e. The molecule has 0 fully saturated rings. The summed E-state index contributed by atoms with van der Waals surface area (Å²) in [4.78, 5) is 16.9. The number of esters is 1. The molecule has 2 rings (SSSR count). The third-order valence-corrected chi connectivity index (χ3v) is 3.28. The molecule has 8 heteroatoms. The van der Waals surface area contributed by atoms with Gasteiger partial charge in [-0.25, -0.2) is 9.78 Å². The van der Waals surface area contributed by atoms with Crippen LogP contribution in [-0.2, 0) is 4.74 Å². The van der Waals surface area contributed by atoms with Crippen LogP contribution in [0.2, 0.25) is 5.15 Å². The highest BCUT2D eigenvalue weighted by molar-refractivity contribution is 7.98. The predicted octanol–water partition coefficient (Wildman–Crippen LogP) is 2.78. The number of pyridine rings is 1. The molecule has 0 aliphatic rings. The van der Waals surface area contributed by atoms with E-state index in [1.54, 1.807) is 24.0 Å². The average Bonchev–Trinajstić information content (AvgIpc) is 2.47. The lowest BCUT2D eigenvalue weighted by Crippen LogP contribution is -2.10. The molecule has 0 spiro atoms. The van der Waals surface area contributed by atoms with Gasteiger partial charge in [0.05, 0.1) is 12.8 Å². The van der Waals surface area contributed by atoms with Gasteiger partial charge in [-0.1, -0.05) is 11.6 Å². The first-order valence-electron chi connectivity index (χ1n) is 5.52. The Morgan fingerprint density at radius 3 is 2.80 bits per heavy atom.